The first-order valence-electron chi connectivity index (χ1n) is 6.77. The van der Waals surface area contributed by atoms with E-state index in [1.54, 1.807) is 16.5 Å². The maximum atomic E-state index is 12.2. The topological polar surface area (TPSA) is 71.0 Å². The molecule has 0 atom stereocenters. The average molecular weight is 361 g/mol. The highest BCUT2D eigenvalue weighted by molar-refractivity contribution is 7.99. The van der Waals surface area contributed by atoms with Crippen molar-refractivity contribution in [1.82, 2.24) is 19.7 Å². The quantitative estimate of drug-likeness (QED) is 0.770. The predicted molar refractivity (Wildman–Crippen MR) is 89.7 cm³/mol. The van der Waals surface area contributed by atoms with E-state index in [1.165, 1.54) is 23.1 Å². The molecule has 2 rings (SSSR count). The van der Waals surface area contributed by atoms with Gasteiger partial charge in [-0.05, 0) is 18.6 Å². The van der Waals surface area contributed by atoms with Crippen molar-refractivity contribution in [2.75, 3.05) is 12.8 Å². The maximum Gasteiger partial charge on any atom is 0.343 e. The van der Waals surface area contributed by atoms with Gasteiger partial charge in [-0.25, -0.2) is 9.89 Å². The number of H-pyrrole nitrogens is 1. The molecule has 6 nitrogen and oxygen atoms in total. The van der Waals surface area contributed by atoms with Gasteiger partial charge in [-0.2, -0.15) is 0 Å². The Morgan fingerprint density at radius 3 is 2.95 bits per heavy atom. The van der Waals surface area contributed by atoms with E-state index >= 15 is 0 Å². The van der Waals surface area contributed by atoms with Gasteiger partial charge in [0.15, 0.2) is 5.16 Å². The molecule has 0 aliphatic carbocycles. The molecule has 0 radical (unpaired) electrons. The molecule has 2 aromatic rings. The normalized spacial score (nSPS) is 10.9. The van der Waals surface area contributed by atoms with Crippen molar-refractivity contribution in [2.45, 2.75) is 31.6 Å². The van der Waals surface area contributed by atoms with Crippen LogP contribution in [0.4, 0.5) is 0 Å². The maximum absolute atomic E-state index is 12.2. The molecule has 9 heteroatoms. The van der Waals surface area contributed by atoms with E-state index in [4.69, 9.17) is 11.6 Å². The molecule has 2 aromatic heterocycles. The number of thiophene rings is 1. The number of thioether (sulfide) groups is 1. The average Bonchev–Trinajstić information content (AvgIpc) is 3.04. The number of carbonyl (C=O) groups excluding carboxylic acids is 1. The van der Waals surface area contributed by atoms with Crippen molar-refractivity contribution in [3.63, 3.8) is 0 Å². The second kappa shape index (κ2) is 7.85. The van der Waals surface area contributed by atoms with Gasteiger partial charge in [0.25, 0.3) is 0 Å². The Morgan fingerprint density at radius 1 is 1.55 bits per heavy atom. The number of rotatable bonds is 7. The second-order valence-electron chi connectivity index (χ2n) is 4.71. The molecule has 120 valence electrons. The third-order valence-corrected chi connectivity index (χ3v) is 5.12. The van der Waals surface area contributed by atoms with Crippen LogP contribution >= 0.6 is 34.7 Å². The van der Waals surface area contributed by atoms with Crippen molar-refractivity contribution in [3.8, 4) is 0 Å². The summed E-state index contributed by atoms with van der Waals surface area (Å²) in [6, 6.07) is 3.73. The van der Waals surface area contributed by atoms with Crippen LogP contribution in [0.1, 0.15) is 18.2 Å². The minimum absolute atomic E-state index is 0.0204. The highest BCUT2D eigenvalue weighted by atomic mass is 35.5. The summed E-state index contributed by atoms with van der Waals surface area (Å²) in [4.78, 5) is 26.4. The molecule has 0 spiro atoms. The number of hydrogen-bond donors (Lipinski definition) is 1. The number of amides is 1. The largest absolute Gasteiger partial charge is 0.343 e. The molecular weight excluding hydrogens is 344 g/mol. The van der Waals surface area contributed by atoms with E-state index in [0.29, 0.717) is 22.6 Å². The van der Waals surface area contributed by atoms with Crippen LogP contribution < -0.4 is 5.69 Å². The van der Waals surface area contributed by atoms with E-state index < -0.39 is 0 Å². The molecule has 2 heterocycles. The van der Waals surface area contributed by atoms with E-state index in [2.05, 4.69) is 10.2 Å². The van der Waals surface area contributed by atoms with Crippen molar-refractivity contribution in [2.24, 2.45) is 0 Å². The van der Waals surface area contributed by atoms with Gasteiger partial charge in [-0.1, -0.05) is 30.3 Å². The molecular formula is C13H17ClN4O2S2. The van der Waals surface area contributed by atoms with Gasteiger partial charge in [0.2, 0.25) is 5.91 Å². The summed E-state index contributed by atoms with van der Waals surface area (Å²) in [5.74, 6) is 0.219. The number of aromatic amines is 1. The Balaban J connectivity index is 1.90. The van der Waals surface area contributed by atoms with Crippen molar-refractivity contribution < 1.29 is 4.79 Å². The monoisotopic (exact) mass is 360 g/mol. The summed E-state index contributed by atoms with van der Waals surface area (Å²) < 4.78 is 2.27. The molecule has 0 aliphatic heterocycles. The zero-order chi connectivity index (χ0) is 16.1. The highest BCUT2D eigenvalue weighted by Crippen LogP contribution is 2.23. The Labute approximate surface area is 141 Å². The van der Waals surface area contributed by atoms with E-state index in [-0.39, 0.29) is 17.3 Å². The Morgan fingerprint density at radius 2 is 2.32 bits per heavy atom. The SMILES string of the molecule is CCCn1c(SCC(=O)N(C)Cc2ccc(Cl)s2)n[nH]c1=O. The van der Waals surface area contributed by atoms with Crippen LogP contribution in [0.3, 0.4) is 0 Å². The predicted octanol–water partition coefficient (Wildman–Crippen LogP) is 2.45. The van der Waals surface area contributed by atoms with Gasteiger partial charge in [0, 0.05) is 18.5 Å². The zero-order valence-electron chi connectivity index (χ0n) is 12.3. The van der Waals surface area contributed by atoms with Crippen LogP contribution in [0.15, 0.2) is 22.1 Å². The lowest BCUT2D eigenvalue weighted by atomic mass is 10.4. The zero-order valence-corrected chi connectivity index (χ0v) is 14.7. The van der Waals surface area contributed by atoms with Crippen LogP contribution in [0.25, 0.3) is 0 Å². The number of hydrogen-bond acceptors (Lipinski definition) is 5. The molecule has 1 N–H and O–H groups in total. The van der Waals surface area contributed by atoms with Crippen LogP contribution in [0.2, 0.25) is 4.34 Å². The fourth-order valence-electron chi connectivity index (χ4n) is 1.83. The fraction of sp³-hybridized carbons (Fsp3) is 0.462. The molecule has 0 saturated heterocycles. The molecule has 0 saturated carbocycles. The molecule has 0 aliphatic rings. The Kier molecular flexibility index (Phi) is 6.10. The first kappa shape index (κ1) is 17.1. The number of nitrogens with one attached hydrogen (secondary N) is 1. The summed E-state index contributed by atoms with van der Waals surface area (Å²) in [5, 5.41) is 6.92. The summed E-state index contributed by atoms with van der Waals surface area (Å²) >= 11 is 8.61. The van der Waals surface area contributed by atoms with E-state index in [9.17, 15) is 9.59 Å². The minimum Gasteiger partial charge on any atom is -0.340 e. The van der Waals surface area contributed by atoms with Crippen molar-refractivity contribution in [3.05, 3.63) is 31.8 Å². The van der Waals surface area contributed by atoms with Crippen LogP contribution in [-0.2, 0) is 17.9 Å². The lowest BCUT2D eigenvalue weighted by Gasteiger charge is -2.15. The second-order valence-corrected chi connectivity index (χ2v) is 7.45. The molecule has 0 aromatic carbocycles. The van der Waals surface area contributed by atoms with Crippen LogP contribution in [0, 0.1) is 0 Å². The molecule has 22 heavy (non-hydrogen) atoms. The Hall–Kier alpha value is -1.25. The van der Waals surface area contributed by atoms with Gasteiger partial charge in [-0.3, -0.25) is 9.36 Å². The fourth-order valence-corrected chi connectivity index (χ4v) is 3.88. The lowest BCUT2D eigenvalue weighted by Crippen LogP contribution is -2.27. The van der Waals surface area contributed by atoms with Gasteiger partial charge in [0.1, 0.15) is 0 Å². The first-order chi connectivity index (χ1) is 10.5. The Bertz CT molecular complexity index is 694. The molecule has 0 unspecified atom stereocenters. The van der Waals surface area contributed by atoms with Crippen LogP contribution in [-0.4, -0.2) is 38.4 Å². The molecule has 0 bridgehead atoms. The van der Waals surface area contributed by atoms with Gasteiger partial charge in [0.05, 0.1) is 16.6 Å². The smallest absolute Gasteiger partial charge is 0.340 e. The summed E-state index contributed by atoms with van der Waals surface area (Å²) in [6.07, 6.45) is 0.833. The van der Waals surface area contributed by atoms with E-state index in [1.807, 2.05) is 19.1 Å². The highest BCUT2D eigenvalue weighted by Gasteiger charge is 2.14. The van der Waals surface area contributed by atoms with Gasteiger partial charge >= 0.3 is 5.69 Å². The number of aromatic nitrogens is 3. The van der Waals surface area contributed by atoms with Crippen molar-refractivity contribution in [1.29, 1.82) is 0 Å². The standard InChI is InChI=1S/C13H17ClN4O2S2/c1-3-6-18-12(20)15-16-13(18)21-8-11(19)17(2)7-9-4-5-10(14)22-9/h4-5H,3,6-8H2,1-2H3,(H,15,20). The number of nitrogens with zero attached hydrogens (tertiary/aromatic N) is 3. The summed E-state index contributed by atoms with van der Waals surface area (Å²) in [7, 11) is 1.75. The third-order valence-electron chi connectivity index (χ3n) is 2.94. The third kappa shape index (κ3) is 4.37. The summed E-state index contributed by atoms with van der Waals surface area (Å²) in [6.45, 7) is 3.10. The first-order valence-corrected chi connectivity index (χ1v) is 8.95. The molecule has 0 fully saturated rings. The van der Waals surface area contributed by atoms with E-state index in [0.717, 1.165) is 11.3 Å². The number of halogens is 1. The lowest BCUT2D eigenvalue weighted by molar-refractivity contribution is -0.127. The van der Waals surface area contributed by atoms with Crippen molar-refractivity contribution >= 4 is 40.6 Å². The van der Waals surface area contributed by atoms with Gasteiger partial charge < -0.3 is 4.90 Å². The number of carbonyl (C=O) groups is 1. The van der Waals surface area contributed by atoms with Crippen LogP contribution in [0.5, 0.6) is 0 Å². The van der Waals surface area contributed by atoms with Gasteiger partial charge in [-0.15, -0.1) is 16.4 Å². The minimum atomic E-state index is -0.238. The summed E-state index contributed by atoms with van der Waals surface area (Å²) in [5.41, 5.74) is -0.238. The molecule has 1 amide bonds.